The molecule has 4 heteroatoms. The molecule has 0 aromatic heterocycles. The van der Waals surface area contributed by atoms with Gasteiger partial charge in [0.05, 0.1) is 0 Å². The van der Waals surface area contributed by atoms with E-state index in [1.54, 1.807) is 25.2 Å². The van der Waals surface area contributed by atoms with Gasteiger partial charge in [0.15, 0.2) is 5.78 Å². The second-order valence-electron chi connectivity index (χ2n) is 4.27. The smallest absolute Gasteiger partial charge is 0.157 e. The molecule has 0 amide bonds. The highest BCUT2D eigenvalue weighted by molar-refractivity contribution is 5.90. The summed E-state index contributed by atoms with van der Waals surface area (Å²) in [6.07, 6.45) is 3.09. The third-order valence-electron chi connectivity index (χ3n) is 3.44. The Balaban J connectivity index is 0.00000144. The fourth-order valence-electron chi connectivity index (χ4n) is 2.52. The van der Waals surface area contributed by atoms with Crippen molar-refractivity contribution >= 4 is 18.2 Å². The highest BCUT2D eigenvalue weighted by Crippen LogP contribution is 2.35. The lowest BCUT2D eigenvalue weighted by molar-refractivity contribution is -0.127. The van der Waals surface area contributed by atoms with Crippen LogP contribution in [0.5, 0.6) is 0 Å². The van der Waals surface area contributed by atoms with E-state index in [1.807, 2.05) is 0 Å². The summed E-state index contributed by atoms with van der Waals surface area (Å²) in [4.78, 5) is 12.1. The molecule has 1 saturated carbocycles. The summed E-state index contributed by atoms with van der Waals surface area (Å²) >= 11 is 0. The van der Waals surface area contributed by atoms with E-state index < -0.39 is 5.54 Å². The number of carbonyl (C=O) groups excluding carboxylic acids is 1. The molecule has 1 aromatic carbocycles. The molecule has 0 bridgehead atoms. The van der Waals surface area contributed by atoms with E-state index >= 15 is 0 Å². The molecule has 2 nitrogen and oxygen atoms in total. The molecule has 94 valence electrons. The lowest BCUT2D eigenvalue weighted by Crippen LogP contribution is -2.49. The van der Waals surface area contributed by atoms with E-state index in [2.05, 4.69) is 5.32 Å². The van der Waals surface area contributed by atoms with Crippen molar-refractivity contribution in [2.24, 2.45) is 0 Å². The first-order chi connectivity index (χ1) is 7.70. The fraction of sp³-hybridized carbons (Fsp3) is 0.462. The van der Waals surface area contributed by atoms with Crippen molar-refractivity contribution in [2.75, 3.05) is 7.05 Å². The Morgan fingerprint density at radius 2 is 2.00 bits per heavy atom. The number of benzene rings is 1. The Hall–Kier alpha value is -0.930. The molecule has 0 saturated heterocycles. The van der Waals surface area contributed by atoms with E-state index in [0.717, 1.165) is 12.8 Å². The van der Waals surface area contributed by atoms with Crippen molar-refractivity contribution in [1.29, 1.82) is 0 Å². The predicted molar refractivity (Wildman–Crippen MR) is 67.9 cm³/mol. The zero-order valence-corrected chi connectivity index (χ0v) is 10.6. The van der Waals surface area contributed by atoms with Crippen LogP contribution in [0.2, 0.25) is 0 Å². The first kappa shape index (κ1) is 14.1. The van der Waals surface area contributed by atoms with Crippen LogP contribution in [0.4, 0.5) is 4.39 Å². The normalized spacial score (nSPS) is 24.2. The van der Waals surface area contributed by atoms with Gasteiger partial charge in [-0.05, 0) is 26.0 Å². The number of likely N-dealkylation sites (N-methyl/N-ethyl adjacent to an activating group) is 1. The Morgan fingerprint density at radius 3 is 2.59 bits per heavy atom. The lowest BCUT2D eigenvalue weighted by atomic mass is 9.75. The zero-order valence-electron chi connectivity index (χ0n) is 9.83. The van der Waals surface area contributed by atoms with Crippen molar-refractivity contribution in [2.45, 2.75) is 31.2 Å². The van der Waals surface area contributed by atoms with E-state index in [1.165, 1.54) is 6.07 Å². The van der Waals surface area contributed by atoms with Gasteiger partial charge in [-0.15, -0.1) is 12.4 Å². The maximum Gasteiger partial charge on any atom is 0.157 e. The number of carbonyl (C=O) groups is 1. The van der Waals surface area contributed by atoms with Crippen molar-refractivity contribution in [3.63, 3.8) is 0 Å². The van der Waals surface area contributed by atoms with Gasteiger partial charge in [-0.3, -0.25) is 4.79 Å². The molecule has 0 spiro atoms. The topological polar surface area (TPSA) is 29.1 Å². The molecular weight excluding hydrogens is 241 g/mol. The molecule has 0 radical (unpaired) electrons. The third-order valence-corrected chi connectivity index (χ3v) is 3.44. The summed E-state index contributed by atoms with van der Waals surface area (Å²) in [5.74, 6) is -0.196. The molecule has 1 aliphatic carbocycles. The minimum absolute atomic E-state index is 0. The molecule has 1 N–H and O–H groups in total. The first-order valence-electron chi connectivity index (χ1n) is 5.68. The van der Waals surface area contributed by atoms with Gasteiger partial charge < -0.3 is 5.32 Å². The van der Waals surface area contributed by atoms with E-state index in [-0.39, 0.29) is 24.0 Å². The Kier molecular flexibility index (Phi) is 4.66. The quantitative estimate of drug-likeness (QED) is 0.883. The number of ketones is 1. The van der Waals surface area contributed by atoms with E-state index in [4.69, 9.17) is 0 Å². The fourth-order valence-corrected chi connectivity index (χ4v) is 2.52. The molecule has 0 unspecified atom stereocenters. The second kappa shape index (κ2) is 5.61. The van der Waals surface area contributed by atoms with Crippen LogP contribution >= 0.6 is 12.4 Å². The van der Waals surface area contributed by atoms with E-state index in [9.17, 15) is 9.18 Å². The van der Waals surface area contributed by atoms with Crippen molar-refractivity contribution < 1.29 is 9.18 Å². The number of rotatable bonds is 2. The predicted octanol–water partition coefficient (Wildman–Crippen LogP) is 2.81. The SMILES string of the molecule is CN[C@]1(c2ccccc2F)CCCCC1=O.Cl. The lowest BCUT2D eigenvalue weighted by Gasteiger charge is -2.36. The summed E-state index contributed by atoms with van der Waals surface area (Å²) in [7, 11) is 1.73. The van der Waals surface area contributed by atoms with Crippen LogP contribution in [0, 0.1) is 5.82 Å². The second-order valence-corrected chi connectivity index (χ2v) is 4.27. The maximum absolute atomic E-state index is 13.8. The van der Waals surface area contributed by atoms with Gasteiger partial charge in [0.25, 0.3) is 0 Å². The Bertz CT molecular complexity index is 410. The van der Waals surface area contributed by atoms with Crippen molar-refractivity contribution in [1.82, 2.24) is 5.32 Å². The van der Waals surface area contributed by atoms with Gasteiger partial charge in [-0.2, -0.15) is 0 Å². The number of Topliss-reactive ketones (excluding diaryl/α,β-unsaturated/α-hetero) is 1. The summed E-state index contributed by atoms with van der Waals surface area (Å²) in [5, 5.41) is 3.03. The standard InChI is InChI=1S/C13H16FNO.ClH/c1-15-13(9-5-4-8-12(13)16)10-6-2-3-7-11(10)14;/h2-3,6-7,15H,4-5,8-9H2,1H3;1H/t13-;/m0./s1. The number of halogens is 2. The largest absolute Gasteiger partial charge is 0.304 e. The highest BCUT2D eigenvalue weighted by atomic mass is 35.5. The van der Waals surface area contributed by atoms with Crippen LogP contribution in [0.3, 0.4) is 0 Å². The first-order valence-corrected chi connectivity index (χ1v) is 5.68. The number of hydrogen-bond acceptors (Lipinski definition) is 2. The summed E-state index contributed by atoms with van der Waals surface area (Å²) in [6, 6.07) is 6.54. The van der Waals surface area contributed by atoms with Gasteiger partial charge >= 0.3 is 0 Å². The minimum Gasteiger partial charge on any atom is -0.304 e. The van der Waals surface area contributed by atoms with Crippen LogP contribution in [0.25, 0.3) is 0 Å². The molecule has 0 heterocycles. The Labute approximate surface area is 107 Å². The summed E-state index contributed by atoms with van der Waals surface area (Å²) in [6.45, 7) is 0. The summed E-state index contributed by atoms with van der Waals surface area (Å²) in [5.41, 5.74) is -0.314. The Morgan fingerprint density at radius 1 is 1.29 bits per heavy atom. The van der Waals surface area contributed by atoms with Crippen LogP contribution in [-0.4, -0.2) is 12.8 Å². The van der Waals surface area contributed by atoms with Crippen molar-refractivity contribution in [3.8, 4) is 0 Å². The molecule has 1 aliphatic rings. The van der Waals surface area contributed by atoms with Gasteiger partial charge in [0, 0.05) is 12.0 Å². The average molecular weight is 258 g/mol. The monoisotopic (exact) mass is 257 g/mol. The van der Waals surface area contributed by atoms with Crippen LogP contribution < -0.4 is 5.32 Å². The van der Waals surface area contributed by atoms with E-state index in [0.29, 0.717) is 18.4 Å². The van der Waals surface area contributed by atoms with Crippen LogP contribution in [0.1, 0.15) is 31.2 Å². The van der Waals surface area contributed by atoms with Crippen LogP contribution in [-0.2, 0) is 10.3 Å². The molecule has 17 heavy (non-hydrogen) atoms. The van der Waals surface area contributed by atoms with Crippen molar-refractivity contribution in [3.05, 3.63) is 35.6 Å². The molecule has 2 rings (SSSR count). The van der Waals surface area contributed by atoms with Crippen LogP contribution in [0.15, 0.2) is 24.3 Å². The highest BCUT2D eigenvalue weighted by Gasteiger charge is 2.41. The maximum atomic E-state index is 13.8. The molecule has 0 aliphatic heterocycles. The van der Waals surface area contributed by atoms with Gasteiger partial charge in [-0.25, -0.2) is 4.39 Å². The molecule has 1 aromatic rings. The molecular formula is C13H17ClFNO. The van der Waals surface area contributed by atoms with Gasteiger partial charge in [0.2, 0.25) is 0 Å². The molecule has 1 fully saturated rings. The third kappa shape index (κ3) is 2.35. The number of nitrogens with one attached hydrogen (secondary N) is 1. The summed E-state index contributed by atoms with van der Waals surface area (Å²) < 4.78 is 13.8. The zero-order chi connectivity index (χ0) is 11.6. The molecule has 1 atom stereocenters. The average Bonchev–Trinajstić information content (AvgIpc) is 2.31. The minimum atomic E-state index is -0.802. The number of hydrogen-bond donors (Lipinski definition) is 1. The van der Waals surface area contributed by atoms with Gasteiger partial charge in [-0.1, -0.05) is 24.6 Å². The van der Waals surface area contributed by atoms with Gasteiger partial charge in [0.1, 0.15) is 11.4 Å².